The van der Waals surface area contributed by atoms with Crippen molar-refractivity contribution in [3.63, 3.8) is 0 Å². The quantitative estimate of drug-likeness (QED) is 0.898. The maximum atomic E-state index is 12.4. The van der Waals surface area contributed by atoms with Crippen LogP contribution in [0.5, 0.6) is 0 Å². The molecule has 2 fully saturated rings. The molecule has 1 unspecified atom stereocenters. The number of nitrogens with one attached hydrogen (secondary N) is 2. The van der Waals surface area contributed by atoms with Crippen molar-refractivity contribution in [2.75, 3.05) is 26.2 Å². The lowest BCUT2D eigenvalue weighted by atomic mass is 9.90. The molecular weight excluding hydrogens is 312 g/mol. The summed E-state index contributed by atoms with van der Waals surface area (Å²) in [4.78, 5) is 18.0. The van der Waals surface area contributed by atoms with Gasteiger partial charge in [0.2, 0.25) is 0 Å². The molecule has 0 spiro atoms. The summed E-state index contributed by atoms with van der Waals surface area (Å²) < 4.78 is 1.99. The Morgan fingerprint density at radius 2 is 1.84 bits per heavy atom. The summed E-state index contributed by atoms with van der Waals surface area (Å²) in [7, 11) is 0. The van der Waals surface area contributed by atoms with Crippen molar-refractivity contribution < 1.29 is 0 Å². The molecule has 1 atom stereocenters. The topological polar surface area (TPSA) is 53.1 Å². The van der Waals surface area contributed by atoms with E-state index in [0.717, 1.165) is 42.9 Å². The van der Waals surface area contributed by atoms with Crippen LogP contribution < -0.4 is 11.0 Å². The van der Waals surface area contributed by atoms with Gasteiger partial charge >= 0.3 is 5.69 Å². The highest BCUT2D eigenvalue weighted by atomic mass is 16.1. The third kappa shape index (κ3) is 3.53. The first-order valence-electron chi connectivity index (χ1n) is 9.86. The van der Waals surface area contributed by atoms with Gasteiger partial charge in [-0.15, -0.1) is 0 Å². The van der Waals surface area contributed by atoms with E-state index in [4.69, 9.17) is 0 Å². The molecule has 2 aliphatic rings. The predicted molar refractivity (Wildman–Crippen MR) is 102 cm³/mol. The number of aromatic nitrogens is 2. The third-order valence-corrected chi connectivity index (χ3v) is 6.24. The number of benzene rings is 1. The van der Waals surface area contributed by atoms with E-state index in [1.807, 2.05) is 22.8 Å². The normalized spacial score (nSPS) is 22.4. The van der Waals surface area contributed by atoms with Gasteiger partial charge in [0, 0.05) is 25.2 Å². The molecule has 0 amide bonds. The number of rotatable bonds is 4. The van der Waals surface area contributed by atoms with Crippen molar-refractivity contribution in [1.82, 2.24) is 19.8 Å². The van der Waals surface area contributed by atoms with E-state index in [2.05, 4.69) is 28.2 Å². The standard InChI is InChI=1S/C20H30N4O/c1-15(14-16-6-10-21-11-7-16)23-12-8-17(9-13-23)24-19-5-3-2-4-18(19)22-20(24)25/h2-5,15-17,21H,6-14H2,1H3,(H,22,25). The van der Waals surface area contributed by atoms with Crippen LogP contribution in [0.25, 0.3) is 11.0 Å². The Morgan fingerprint density at radius 1 is 1.12 bits per heavy atom. The molecule has 0 bridgehead atoms. The molecule has 2 saturated heterocycles. The second kappa shape index (κ2) is 7.34. The van der Waals surface area contributed by atoms with E-state index in [0.29, 0.717) is 12.1 Å². The fraction of sp³-hybridized carbons (Fsp3) is 0.650. The van der Waals surface area contributed by atoms with Crippen LogP contribution in [0.15, 0.2) is 29.1 Å². The van der Waals surface area contributed by atoms with Crippen molar-refractivity contribution in [2.45, 2.75) is 51.1 Å². The van der Waals surface area contributed by atoms with E-state index < -0.39 is 0 Å². The summed E-state index contributed by atoms with van der Waals surface area (Å²) in [5.41, 5.74) is 2.05. The summed E-state index contributed by atoms with van der Waals surface area (Å²) >= 11 is 0. The van der Waals surface area contributed by atoms with Crippen molar-refractivity contribution in [3.05, 3.63) is 34.7 Å². The molecule has 2 aliphatic heterocycles. The Morgan fingerprint density at radius 3 is 2.60 bits per heavy atom. The van der Waals surface area contributed by atoms with Crippen LogP contribution >= 0.6 is 0 Å². The number of piperidine rings is 2. The molecule has 5 heteroatoms. The highest BCUT2D eigenvalue weighted by molar-refractivity contribution is 5.75. The van der Waals surface area contributed by atoms with E-state index in [9.17, 15) is 4.79 Å². The molecule has 5 nitrogen and oxygen atoms in total. The fourth-order valence-electron chi connectivity index (χ4n) is 4.77. The summed E-state index contributed by atoms with van der Waals surface area (Å²) in [6.45, 7) is 6.96. The number of aromatic amines is 1. The van der Waals surface area contributed by atoms with E-state index in [-0.39, 0.29) is 5.69 Å². The highest BCUT2D eigenvalue weighted by Crippen LogP contribution is 2.28. The van der Waals surface area contributed by atoms with Crippen LogP contribution in [0.2, 0.25) is 0 Å². The molecule has 136 valence electrons. The number of hydrogen-bond donors (Lipinski definition) is 2. The first-order valence-corrected chi connectivity index (χ1v) is 9.86. The number of likely N-dealkylation sites (tertiary alicyclic amines) is 1. The molecule has 2 N–H and O–H groups in total. The summed E-state index contributed by atoms with van der Waals surface area (Å²) in [5.74, 6) is 0.880. The van der Waals surface area contributed by atoms with Gasteiger partial charge in [-0.05, 0) is 70.2 Å². The van der Waals surface area contributed by atoms with Gasteiger partial charge in [-0.1, -0.05) is 12.1 Å². The average molecular weight is 342 g/mol. The lowest BCUT2D eigenvalue weighted by molar-refractivity contribution is 0.121. The zero-order valence-electron chi connectivity index (χ0n) is 15.2. The Hall–Kier alpha value is -1.59. The molecule has 25 heavy (non-hydrogen) atoms. The average Bonchev–Trinajstić information content (AvgIpc) is 2.98. The summed E-state index contributed by atoms with van der Waals surface area (Å²) in [6, 6.07) is 9.02. The minimum Gasteiger partial charge on any atom is -0.317 e. The van der Waals surface area contributed by atoms with Gasteiger partial charge in [0.05, 0.1) is 11.0 Å². The zero-order valence-corrected chi connectivity index (χ0v) is 15.2. The van der Waals surface area contributed by atoms with Crippen molar-refractivity contribution in [3.8, 4) is 0 Å². The first kappa shape index (κ1) is 16.9. The second-order valence-corrected chi connectivity index (χ2v) is 7.86. The SMILES string of the molecule is CC(CC1CCNCC1)N1CCC(n2c(=O)[nH]c3ccccc32)CC1. The van der Waals surface area contributed by atoms with Crippen LogP contribution in [0.3, 0.4) is 0 Å². The molecule has 0 radical (unpaired) electrons. The maximum Gasteiger partial charge on any atom is 0.326 e. The van der Waals surface area contributed by atoms with Crippen LogP contribution in [0, 0.1) is 5.92 Å². The molecule has 0 aliphatic carbocycles. The molecule has 3 heterocycles. The van der Waals surface area contributed by atoms with E-state index in [1.165, 1.54) is 32.4 Å². The smallest absolute Gasteiger partial charge is 0.317 e. The van der Waals surface area contributed by atoms with Crippen LogP contribution in [0.1, 0.15) is 45.1 Å². The van der Waals surface area contributed by atoms with Crippen LogP contribution in [0.4, 0.5) is 0 Å². The largest absolute Gasteiger partial charge is 0.326 e. The van der Waals surface area contributed by atoms with Gasteiger partial charge in [-0.3, -0.25) is 4.57 Å². The van der Waals surface area contributed by atoms with Gasteiger partial charge < -0.3 is 15.2 Å². The van der Waals surface area contributed by atoms with Crippen molar-refractivity contribution in [1.29, 1.82) is 0 Å². The Kier molecular flexibility index (Phi) is 4.95. The van der Waals surface area contributed by atoms with Crippen LogP contribution in [-0.4, -0.2) is 46.7 Å². The number of para-hydroxylation sites is 2. The molecule has 0 saturated carbocycles. The van der Waals surface area contributed by atoms with Crippen molar-refractivity contribution in [2.24, 2.45) is 5.92 Å². The Bertz CT molecular complexity index is 750. The number of H-pyrrole nitrogens is 1. The minimum absolute atomic E-state index is 0.0439. The van der Waals surface area contributed by atoms with Gasteiger partial charge in [0.25, 0.3) is 0 Å². The second-order valence-electron chi connectivity index (χ2n) is 7.86. The number of imidazole rings is 1. The molecular formula is C20H30N4O. The number of hydrogen-bond acceptors (Lipinski definition) is 3. The summed E-state index contributed by atoms with van der Waals surface area (Å²) in [6.07, 6.45) is 6.10. The molecule has 4 rings (SSSR count). The maximum absolute atomic E-state index is 12.4. The highest BCUT2D eigenvalue weighted by Gasteiger charge is 2.27. The minimum atomic E-state index is 0.0439. The first-order chi connectivity index (χ1) is 12.2. The molecule has 2 aromatic rings. The fourth-order valence-corrected chi connectivity index (χ4v) is 4.77. The van der Waals surface area contributed by atoms with Gasteiger partial charge in [-0.25, -0.2) is 4.79 Å². The van der Waals surface area contributed by atoms with E-state index in [1.54, 1.807) is 0 Å². The van der Waals surface area contributed by atoms with E-state index >= 15 is 0 Å². The van der Waals surface area contributed by atoms with Crippen LogP contribution in [-0.2, 0) is 0 Å². The summed E-state index contributed by atoms with van der Waals surface area (Å²) in [5, 5.41) is 3.46. The molecule has 1 aromatic carbocycles. The lowest BCUT2D eigenvalue weighted by Gasteiger charge is -2.38. The van der Waals surface area contributed by atoms with Gasteiger partial charge in [0.1, 0.15) is 0 Å². The zero-order chi connectivity index (χ0) is 17.2. The Labute approximate surface area is 149 Å². The predicted octanol–water partition coefficient (Wildman–Crippen LogP) is 2.74. The number of fused-ring (bicyclic) bond motifs is 1. The van der Waals surface area contributed by atoms with Gasteiger partial charge in [0.15, 0.2) is 0 Å². The Balaban J connectivity index is 1.39. The monoisotopic (exact) mass is 342 g/mol. The third-order valence-electron chi connectivity index (χ3n) is 6.24. The van der Waals surface area contributed by atoms with Gasteiger partial charge in [-0.2, -0.15) is 0 Å². The van der Waals surface area contributed by atoms with Crippen molar-refractivity contribution >= 4 is 11.0 Å². The lowest BCUT2D eigenvalue weighted by Crippen LogP contribution is -2.43. The number of nitrogens with zero attached hydrogens (tertiary/aromatic N) is 2. The molecule has 1 aromatic heterocycles.